The molecular weight excluding hydrogens is 474 g/mol. The van der Waals surface area contributed by atoms with Crippen molar-refractivity contribution in [2.75, 3.05) is 18.1 Å². The van der Waals surface area contributed by atoms with Gasteiger partial charge < -0.3 is 25.0 Å². The molecule has 3 aromatic carbocycles. The molecule has 1 saturated heterocycles. The van der Waals surface area contributed by atoms with E-state index in [1.54, 1.807) is 23.9 Å². The van der Waals surface area contributed by atoms with Gasteiger partial charge in [-0.25, -0.2) is 0 Å². The predicted molar refractivity (Wildman–Crippen MR) is 141 cm³/mol. The number of hydrogen-bond donors (Lipinski definition) is 3. The molecule has 1 amide bonds. The molecule has 0 unspecified atom stereocenters. The molecule has 0 saturated carbocycles. The number of carbonyl (C=O) groups is 1. The lowest BCUT2D eigenvalue weighted by Gasteiger charge is -2.41. The summed E-state index contributed by atoms with van der Waals surface area (Å²) in [6.07, 6.45) is -0.745. The van der Waals surface area contributed by atoms with Crippen LogP contribution in [0, 0.1) is 5.92 Å². The van der Waals surface area contributed by atoms with E-state index in [1.807, 2.05) is 66.7 Å². The van der Waals surface area contributed by atoms with E-state index in [-0.39, 0.29) is 37.2 Å². The molecule has 36 heavy (non-hydrogen) atoms. The van der Waals surface area contributed by atoms with Gasteiger partial charge in [-0.3, -0.25) is 4.79 Å². The van der Waals surface area contributed by atoms with Gasteiger partial charge in [0.05, 0.1) is 25.4 Å². The third-order valence-corrected chi connectivity index (χ3v) is 7.42. The van der Waals surface area contributed by atoms with Gasteiger partial charge in [0, 0.05) is 35.1 Å². The highest BCUT2D eigenvalue weighted by molar-refractivity contribution is 7.99. The van der Waals surface area contributed by atoms with E-state index in [0.717, 1.165) is 28.0 Å². The lowest BCUT2D eigenvalue weighted by atomic mass is 9.91. The number of rotatable bonds is 10. The summed E-state index contributed by atoms with van der Waals surface area (Å²) in [7, 11) is 0. The van der Waals surface area contributed by atoms with Gasteiger partial charge >= 0.3 is 0 Å². The molecule has 0 aromatic heterocycles. The SMILES string of the molecule is C[C@H]1[C@@H](CSCCO)O[C@@H](c2ccc(CNC(=O)c3ccccc3)cc2)O[C@H]1c1ccc(CO)cc1. The van der Waals surface area contributed by atoms with Crippen molar-refractivity contribution < 1.29 is 24.5 Å². The topological polar surface area (TPSA) is 88.0 Å². The molecule has 1 fully saturated rings. The summed E-state index contributed by atoms with van der Waals surface area (Å²) < 4.78 is 12.9. The van der Waals surface area contributed by atoms with Gasteiger partial charge in [0.15, 0.2) is 6.29 Å². The summed E-state index contributed by atoms with van der Waals surface area (Å²) in [6.45, 7) is 2.70. The standard InChI is InChI=1S/C29H33NO5S/c1-20-26(19-36-16-15-31)34-29(35-27(20)23-11-9-22(18-32)10-12-23)25-13-7-21(8-14-25)17-30-28(33)24-5-3-2-4-6-24/h2-14,20,26-27,29,31-32H,15-19H2,1H3,(H,30,33)/t20-,26+,27+,29+/m0/s1. The van der Waals surface area contributed by atoms with Gasteiger partial charge in [-0.1, -0.05) is 73.7 Å². The summed E-state index contributed by atoms with van der Waals surface area (Å²) in [6, 6.07) is 24.9. The number of carbonyl (C=O) groups excluding carboxylic acids is 1. The Morgan fingerprint density at radius 1 is 0.889 bits per heavy atom. The number of aliphatic hydroxyl groups excluding tert-OH is 2. The maximum absolute atomic E-state index is 12.3. The van der Waals surface area contributed by atoms with Crippen LogP contribution in [-0.2, 0) is 22.6 Å². The Morgan fingerprint density at radius 2 is 1.56 bits per heavy atom. The quantitative estimate of drug-likeness (QED) is 0.347. The van der Waals surface area contributed by atoms with Crippen molar-refractivity contribution >= 4 is 17.7 Å². The van der Waals surface area contributed by atoms with E-state index in [9.17, 15) is 15.0 Å². The molecule has 3 aromatic rings. The van der Waals surface area contributed by atoms with Crippen LogP contribution >= 0.6 is 11.8 Å². The molecule has 6 nitrogen and oxygen atoms in total. The molecule has 3 N–H and O–H groups in total. The lowest BCUT2D eigenvalue weighted by Crippen LogP contribution is -2.38. The van der Waals surface area contributed by atoms with Gasteiger partial charge in [0.2, 0.25) is 0 Å². The minimum absolute atomic E-state index is 0.00562. The Labute approximate surface area is 216 Å². The summed E-state index contributed by atoms with van der Waals surface area (Å²) in [5.41, 5.74) is 4.44. The predicted octanol–water partition coefficient (Wildman–Crippen LogP) is 4.63. The molecule has 1 heterocycles. The second-order valence-electron chi connectivity index (χ2n) is 8.91. The van der Waals surface area contributed by atoms with Crippen LogP contribution in [0.4, 0.5) is 0 Å². The normalized spacial score (nSPS) is 21.8. The van der Waals surface area contributed by atoms with Crippen molar-refractivity contribution in [3.63, 3.8) is 0 Å². The van der Waals surface area contributed by atoms with Crippen LogP contribution in [0.1, 0.15) is 51.9 Å². The van der Waals surface area contributed by atoms with Crippen molar-refractivity contribution in [2.24, 2.45) is 5.92 Å². The summed E-state index contributed by atoms with van der Waals surface area (Å²) in [5.74, 6) is 1.43. The third-order valence-electron chi connectivity index (χ3n) is 6.38. The monoisotopic (exact) mass is 507 g/mol. The fraction of sp³-hybridized carbons (Fsp3) is 0.345. The number of thioether (sulfide) groups is 1. The third kappa shape index (κ3) is 6.75. The number of hydrogen-bond acceptors (Lipinski definition) is 6. The first-order valence-corrected chi connectivity index (χ1v) is 13.4. The van der Waals surface area contributed by atoms with Gasteiger partial charge in [0.1, 0.15) is 0 Å². The molecule has 7 heteroatoms. The Balaban J connectivity index is 1.46. The summed E-state index contributed by atoms with van der Waals surface area (Å²) >= 11 is 1.67. The molecule has 190 valence electrons. The molecule has 0 spiro atoms. The van der Waals surface area contributed by atoms with Crippen LogP contribution in [0.5, 0.6) is 0 Å². The lowest BCUT2D eigenvalue weighted by molar-refractivity contribution is -0.268. The fourth-order valence-corrected chi connectivity index (χ4v) is 5.15. The van der Waals surface area contributed by atoms with Crippen molar-refractivity contribution in [1.82, 2.24) is 5.32 Å². The van der Waals surface area contributed by atoms with Crippen LogP contribution < -0.4 is 5.32 Å². The highest BCUT2D eigenvalue weighted by Gasteiger charge is 2.38. The second kappa shape index (κ2) is 13.0. The molecule has 1 aliphatic heterocycles. The van der Waals surface area contributed by atoms with Gasteiger partial charge in [-0.05, 0) is 28.8 Å². The minimum atomic E-state index is -0.531. The number of nitrogens with one attached hydrogen (secondary N) is 1. The highest BCUT2D eigenvalue weighted by Crippen LogP contribution is 2.42. The van der Waals surface area contributed by atoms with Crippen LogP contribution in [0.2, 0.25) is 0 Å². The number of benzene rings is 3. The number of ether oxygens (including phenoxy) is 2. The molecule has 4 rings (SSSR count). The zero-order valence-corrected chi connectivity index (χ0v) is 21.2. The molecular formula is C29H33NO5S. The smallest absolute Gasteiger partial charge is 0.251 e. The molecule has 0 aliphatic carbocycles. The van der Waals surface area contributed by atoms with Gasteiger partial charge in [-0.2, -0.15) is 11.8 Å². The number of aliphatic hydroxyl groups is 2. The largest absolute Gasteiger partial charge is 0.396 e. The van der Waals surface area contributed by atoms with Gasteiger partial charge in [-0.15, -0.1) is 0 Å². The van der Waals surface area contributed by atoms with E-state index < -0.39 is 6.29 Å². The average molecular weight is 508 g/mol. The van der Waals surface area contributed by atoms with E-state index in [0.29, 0.717) is 17.9 Å². The minimum Gasteiger partial charge on any atom is -0.396 e. The molecule has 4 atom stereocenters. The van der Waals surface area contributed by atoms with Crippen LogP contribution in [0.3, 0.4) is 0 Å². The zero-order valence-electron chi connectivity index (χ0n) is 20.4. The Hall–Kier alpha value is -2.68. The Morgan fingerprint density at radius 3 is 2.22 bits per heavy atom. The Kier molecular flexibility index (Phi) is 9.55. The maximum Gasteiger partial charge on any atom is 0.251 e. The first kappa shape index (κ1) is 26.4. The van der Waals surface area contributed by atoms with E-state index >= 15 is 0 Å². The van der Waals surface area contributed by atoms with E-state index in [4.69, 9.17) is 9.47 Å². The van der Waals surface area contributed by atoms with Crippen LogP contribution in [0.25, 0.3) is 0 Å². The Bertz CT molecular complexity index is 1090. The van der Waals surface area contributed by atoms with E-state index in [1.165, 1.54) is 0 Å². The van der Waals surface area contributed by atoms with Crippen molar-refractivity contribution in [3.05, 3.63) is 107 Å². The molecule has 1 aliphatic rings. The molecule has 0 radical (unpaired) electrons. The average Bonchev–Trinajstić information content (AvgIpc) is 2.93. The van der Waals surface area contributed by atoms with Gasteiger partial charge in [0.25, 0.3) is 5.91 Å². The van der Waals surface area contributed by atoms with Crippen molar-refractivity contribution in [2.45, 2.75) is 38.6 Å². The summed E-state index contributed by atoms with van der Waals surface area (Å²) in [5, 5.41) is 21.6. The highest BCUT2D eigenvalue weighted by atomic mass is 32.2. The second-order valence-corrected chi connectivity index (χ2v) is 10.1. The summed E-state index contributed by atoms with van der Waals surface area (Å²) in [4.78, 5) is 12.3. The van der Waals surface area contributed by atoms with E-state index in [2.05, 4.69) is 12.2 Å². The maximum atomic E-state index is 12.3. The van der Waals surface area contributed by atoms with Crippen molar-refractivity contribution in [1.29, 1.82) is 0 Å². The van der Waals surface area contributed by atoms with Crippen LogP contribution in [-0.4, -0.2) is 40.3 Å². The zero-order chi connectivity index (χ0) is 25.3. The first-order chi connectivity index (χ1) is 17.6. The first-order valence-electron chi connectivity index (χ1n) is 12.2. The van der Waals surface area contributed by atoms with Crippen molar-refractivity contribution in [3.8, 4) is 0 Å². The fourth-order valence-electron chi connectivity index (χ4n) is 4.24. The number of amides is 1. The van der Waals surface area contributed by atoms with Crippen LogP contribution in [0.15, 0.2) is 78.9 Å². The molecule has 0 bridgehead atoms.